The highest BCUT2D eigenvalue weighted by Crippen LogP contribution is 2.25. The Balaban J connectivity index is 2.12. The summed E-state index contributed by atoms with van der Waals surface area (Å²) in [6.45, 7) is 0.390. The summed E-state index contributed by atoms with van der Waals surface area (Å²) < 4.78 is 5.72. The number of ether oxygens (including phenoxy) is 1. The van der Waals surface area contributed by atoms with Crippen molar-refractivity contribution in [2.45, 2.75) is 12.5 Å². The van der Waals surface area contributed by atoms with Gasteiger partial charge in [-0.05, 0) is 35.9 Å². The Morgan fingerprint density at radius 3 is 2.74 bits per heavy atom. The van der Waals surface area contributed by atoms with Crippen LogP contribution in [-0.4, -0.2) is 0 Å². The summed E-state index contributed by atoms with van der Waals surface area (Å²) in [5.41, 5.74) is 2.41. The molecule has 0 atom stereocenters. The van der Waals surface area contributed by atoms with Crippen LogP contribution in [0.15, 0.2) is 42.5 Å². The predicted octanol–water partition coefficient (Wildman–Crippen LogP) is 4.53. The van der Waals surface area contributed by atoms with Gasteiger partial charge in [-0.15, -0.1) is 11.6 Å². The highest BCUT2D eigenvalue weighted by molar-refractivity contribution is 6.30. The highest BCUT2D eigenvalue weighted by atomic mass is 35.5. The molecule has 0 spiro atoms. The van der Waals surface area contributed by atoms with E-state index in [1.54, 1.807) is 30.3 Å². The molecule has 2 rings (SSSR count). The molecule has 19 heavy (non-hydrogen) atoms. The molecule has 0 unspecified atom stereocenters. The first-order valence-electron chi connectivity index (χ1n) is 5.69. The molecule has 0 aliphatic heterocycles. The highest BCUT2D eigenvalue weighted by Gasteiger charge is 2.04. The largest absolute Gasteiger partial charge is 0.489 e. The van der Waals surface area contributed by atoms with Crippen LogP contribution in [0.2, 0.25) is 5.02 Å². The summed E-state index contributed by atoms with van der Waals surface area (Å²) in [6.07, 6.45) is 0. The average molecular weight is 292 g/mol. The molecule has 0 N–H and O–H groups in total. The SMILES string of the molecule is N#Cc1cccc(COc2ccc(Cl)cc2CCl)c1. The van der Waals surface area contributed by atoms with Gasteiger partial charge in [0.25, 0.3) is 0 Å². The van der Waals surface area contributed by atoms with Gasteiger partial charge in [0.15, 0.2) is 0 Å². The van der Waals surface area contributed by atoms with Crippen molar-refractivity contribution in [3.05, 3.63) is 64.2 Å². The minimum atomic E-state index is 0.341. The Bertz CT molecular complexity index is 620. The van der Waals surface area contributed by atoms with Gasteiger partial charge in [0.1, 0.15) is 12.4 Å². The van der Waals surface area contributed by atoms with E-state index < -0.39 is 0 Å². The summed E-state index contributed by atoms with van der Waals surface area (Å²) in [7, 11) is 0. The van der Waals surface area contributed by atoms with E-state index in [0.717, 1.165) is 11.1 Å². The summed E-state index contributed by atoms with van der Waals surface area (Å²) in [6, 6.07) is 14.8. The summed E-state index contributed by atoms with van der Waals surface area (Å²) in [4.78, 5) is 0. The lowest BCUT2D eigenvalue weighted by molar-refractivity contribution is 0.304. The molecule has 0 aromatic heterocycles. The van der Waals surface area contributed by atoms with Gasteiger partial charge in [-0.1, -0.05) is 23.7 Å². The van der Waals surface area contributed by atoms with Crippen LogP contribution in [0.4, 0.5) is 0 Å². The molecule has 0 saturated carbocycles. The molecule has 0 saturated heterocycles. The first-order chi connectivity index (χ1) is 9.22. The molecular formula is C15H11Cl2NO. The molecule has 0 amide bonds. The lowest BCUT2D eigenvalue weighted by atomic mass is 10.1. The Morgan fingerprint density at radius 1 is 1.16 bits per heavy atom. The summed E-state index contributed by atoms with van der Waals surface area (Å²) >= 11 is 11.8. The number of hydrogen-bond donors (Lipinski definition) is 0. The fourth-order valence-corrected chi connectivity index (χ4v) is 2.09. The van der Waals surface area contributed by atoms with E-state index >= 15 is 0 Å². The van der Waals surface area contributed by atoms with Gasteiger partial charge in [0.2, 0.25) is 0 Å². The molecule has 4 heteroatoms. The normalized spacial score (nSPS) is 9.95. The summed E-state index contributed by atoms with van der Waals surface area (Å²) in [5, 5.41) is 9.47. The maximum absolute atomic E-state index is 8.84. The maximum atomic E-state index is 8.84. The quantitative estimate of drug-likeness (QED) is 0.776. The number of alkyl halides is 1. The second-order valence-electron chi connectivity index (χ2n) is 3.99. The van der Waals surface area contributed by atoms with Gasteiger partial charge in [-0.3, -0.25) is 0 Å². The van der Waals surface area contributed by atoms with Crippen LogP contribution in [0.3, 0.4) is 0 Å². The van der Waals surface area contributed by atoms with Gasteiger partial charge in [-0.2, -0.15) is 5.26 Å². The van der Waals surface area contributed by atoms with Crippen LogP contribution in [0.5, 0.6) is 5.75 Å². The summed E-state index contributed by atoms with van der Waals surface area (Å²) in [5.74, 6) is 1.05. The van der Waals surface area contributed by atoms with Crippen LogP contribution < -0.4 is 4.74 Å². The van der Waals surface area contributed by atoms with Crippen molar-refractivity contribution in [1.29, 1.82) is 5.26 Å². The first kappa shape index (κ1) is 13.7. The predicted molar refractivity (Wildman–Crippen MR) is 76.5 cm³/mol. The zero-order valence-corrected chi connectivity index (χ0v) is 11.6. The van der Waals surface area contributed by atoms with E-state index in [1.807, 2.05) is 12.1 Å². The van der Waals surface area contributed by atoms with Gasteiger partial charge >= 0.3 is 0 Å². The van der Waals surface area contributed by atoms with Crippen molar-refractivity contribution < 1.29 is 4.74 Å². The van der Waals surface area contributed by atoms with Crippen molar-refractivity contribution in [3.8, 4) is 11.8 Å². The number of nitrogens with zero attached hydrogens (tertiary/aromatic N) is 1. The molecular weight excluding hydrogens is 281 g/mol. The maximum Gasteiger partial charge on any atom is 0.124 e. The van der Waals surface area contributed by atoms with Gasteiger partial charge in [0.05, 0.1) is 17.5 Å². The third-order valence-corrected chi connectivity index (χ3v) is 3.14. The Kier molecular flexibility index (Phi) is 4.68. The van der Waals surface area contributed by atoms with Crippen molar-refractivity contribution in [3.63, 3.8) is 0 Å². The monoisotopic (exact) mass is 291 g/mol. The van der Waals surface area contributed by atoms with Gasteiger partial charge in [-0.25, -0.2) is 0 Å². The topological polar surface area (TPSA) is 33.0 Å². The first-order valence-corrected chi connectivity index (χ1v) is 6.60. The Hall–Kier alpha value is -1.69. The standard InChI is InChI=1S/C15H11Cl2NO/c16-8-13-7-14(17)4-5-15(13)19-10-12-3-1-2-11(6-12)9-18/h1-7H,8,10H2. The van der Waals surface area contributed by atoms with E-state index in [4.69, 9.17) is 33.2 Å². The van der Waals surface area contributed by atoms with Crippen molar-refractivity contribution in [1.82, 2.24) is 0 Å². The molecule has 0 heterocycles. The number of rotatable bonds is 4. The smallest absolute Gasteiger partial charge is 0.124 e. The average Bonchev–Trinajstić information content (AvgIpc) is 2.46. The molecule has 0 radical (unpaired) electrons. The lowest BCUT2D eigenvalue weighted by Gasteiger charge is -2.10. The molecule has 0 bridgehead atoms. The van der Waals surface area contributed by atoms with E-state index in [9.17, 15) is 0 Å². The third kappa shape index (κ3) is 3.64. The van der Waals surface area contributed by atoms with Crippen molar-refractivity contribution >= 4 is 23.2 Å². The zero-order valence-electron chi connectivity index (χ0n) is 10.1. The molecule has 0 fully saturated rings. The Morgan fingerprint density at radius 2 is 2.00 bits per heavy atom. The number of nitriles is 1. The van der Waals surface area contributed by atoms with E-state index in [0.29, 0.717) is 28.8 Å². The molecule has 2 nitrogen and oxygen atoms in total. The van der Waals surface area contributed by atoms with Crippen molar-refractivity contribution in [2.24, 2.45) is 0 Å². The van der Waals surface area contributed by atoms with Gasteiger partial charge < -0.3 is 4.74 Å². The molecule has 2 aromatic carbocycles. The second-order valence-corrected chi connectivity index (χ2v) is 4.69. The number of halogens is 2. The van der Waals surface area contributed by atoms with Crippen LogP contribution >= 0.6 is 23.2 Å². The van der Waals surface area contributed by atoms with E-state index in [-0.39, 0.29) is 0 Å². The van der Waals surface area contributed by atoms with Crippen LogP contribution in [0.1, 0.15) is 16.7 Å². The minimum Gasteiger partial charge on any atom is -0.489 e. The fourth-order valence-electron chi connectivity index (χ4n) is 1.69. The zero-order chi connectivity index (χ0) is 13.7. The second kappa shape index (κ2) is 6.47. The lowest BCUT2D eigenvalue weighted by Crippen LogP contribution is -1.98. The van der Waals surface area contributed by atoms with Crippen LogP contribution in [0.25, 0.3) is 0 Å². The van der Waals surface area contributed by atoms with Crippen LogP contribution in [0, 0.1) is 11.3 Å². The van der Waals surface area contributed by atoms with E-state index in [1.165, 1.54) is 0 Å². The minimum absolute atomic E-state index is 0.341. The Labute approximate surface area is 122 Å². The van der Waals surface area contributed by atoms with Crippen molar-refractivity contribution in [2.75, 3.05) is 0 Å². The number of benzene rings is 2. The van der Waals surface area contributed by atoms with E-state index in [2.05, 4.69) is 6.07 Å². The fraction of sp³-hybridized carbons (Fsp3) is 0.133. The molecule has 0 aliphatic rings. The van der Waals surface area contributed by atoms with Gasteiger partial charge in [0, 0.05) is 10.6 Å². The number of hydrogen-bond acceptors (Lipinski definition) is 2. The van der Waals surface area contributed by atoms with Crippen LogP contribution in [-0.2, 0) is 12.5 Å². The molecule has 2 aromatic rings. The third-order valence-electron chi connectivity index (χ3n) is 2.62. The molecule has 96 valence electrons. The molecule has 0 aliphatic carbocycles.